The Morgan fingerprint density at radius 1 is 1.58 bits per heavy atom. The molecule has 0 bridgehead atoms. The van der Waals surface area contributed by atoms with Crippen molar-refractivity contribution in [3.05, 3.63) is 29.8 Å². The van der Waals surface area contributed by atoms with Crippen LogP contribution in [0.15, 0.2) is 29.4 Å². The maximum absolute atomic E-state index is 8.69. The van der Waals surface area contributed by atoms with Crippen LogP contribution in [0.5, 0.6) is 5.75 Å². The Morgan fingerprint density at radius 2 is 2.37 bits per heavy atom. The van der Waals surface area contributed by atoms with Crippen LogP contribution in [0.4, 0.5) is 0 Å². The van der Waals surface area contributed by atoms with Crippen LogP contribution in [0, 0.1) is 0 Å². The van der Waals surface area contributed by atoms with Gasteiger partial charge in [-0.25, -0.2) is 0 Å². The highest BCUT2D eigenvalue weighted by atomic mass is 16.5. The minimum Gasteiger partial charge on any atom is -0.496 e. The van der Waals surface area contributed by atoms with Crippen molar-refractivity contribution < 1.29 is 14.7 Å². The summed E-state index contributed by atoms with van der Waals surface area (Å²) < 4.78 is 10.8. The molecule has 1 unspecified atom stereocenters. The SMILES string of the molecule is COc1ccccc1CN1CCOC(C(N)=NO)C1. The Hall–Kier alpha value is -1.79. The Labute approximate surface area is 112 Å². The van der Waals surface area contributed by atoms with Crippen LogP contribution in [-0.2, 0) is 11.3 Å². The lowest BCUT2D eigenvalue weighted by Crippen LogP contribution is -2.48. The molecule has 1 atom stereocenters. The molecule has 104 valence electrons. The highest BCUT2D eigenvalue weighted by Crippen LogP contribution is 2.20. The van der Waals surface area contributed by atoms with Crippen LogP contribution in [-0.4, -0.2) is 48.9 Å². The number of ether oxygens (including phenoxy) is 2. The molecular weight excluding hydrogens is 246 g/mol. The summed E-state index contributed by atoms with van der Waals surface area (Å²) in [6.45, 7) is 2.74. The average Bonchev–Trinajstić information content (AvgIpc) is 2.47. The molecule has 3 N–H and O–H groups in total. The van der Waals surface area contributed by atoms with Gasteiger partial charge in [-0.1, -0.05) is 23.4 Å². The Balaban J connectivity index is 2.02. The number of morpholine rings is 1. The molecule has 1 aliphatic heterocycles. The van der Waals surface area contributed by atoms with Gasteiger partial charge in [-0.2, -0.15) is 0 Å². The molecule has 0 aromatic heterocycles. The molecule has 0 radical (unpaired) electrons. The van der Waals surface area contributed by atoms with Gasteiger partial charge >= 0.3 is 0 Å². The minimum absolute atomic E-state index is 0.115. The van der Waals surface area contributed by atoms with Crippen molar-refractivity contribution in [1.82, 2.24) is 4.90 Å². The van der Waals surface area contributed by atoms with Crippen molar-refractivity contribution in [2.45, 2.75) is 12.6 Å². The van der Waals surface area contributed by atoms with E-state index in [-0.39, 0.29) is 11.9 Å². The van der Waals surface area contributed by atoms with Gasteiger partial charge in [-0.05, 0) is 6.07 Å². The van der Waals surface area contributed by atoms with Crippen molar-refractivity contribution in [2.75, 3.05) is 26.8 Å². The van der Waals surface area contributed by atoms with Crippen molar-refractivity contribution in [2.24, 2.45) is 10.9 Å². The van der Waals surface area contributed by atoms with E-state index in [1.54, 1.807) is 7.11 Å². The van der Waals surface area contributed by atoms with Crippen LogP contribution in [0.25, 0.3) is 0 Å². The van der Waals surface area contributed by atoms with Crippen LogP contribution in [0.3, 0.4) is 0 Å². The number of oxime groups is 1. The normalized spacial score (nSPS) is 21.3. The lowest BCUT2D eigenvalue weighted by atomic mass is 10.1. The summed E-state index contributed by atoms with van der Waals surface area (Å²) in [5, 5.41) is 11.7. The number of nitrogens with two attached hydrogens (primary N) is 1. The lowest BCUT2D eigenvalue weighted by Gasteiger charge is -2.32. The Bertz CT molecular complexity index is 451. The van der Waals surface area contributed by atoms with E-state index in [0.717, 1.165) is 24.4 Å². The summed E-state index contributed by atoms with van der Waals surface area (Å²) in [5.41, 5.74) is 6.70. The molecule has 1 heterocycles. The molecule has 0 aliphatic carbocycles. The second kappa shape index (κ2) is 6.40. The average molecular weight is 265 g/mol. The first-order valence-corrected chi connectivity index (χ1v) is 6.18. The van der Waals surface area contributed by atoms with E-state index in [9.17, 15) is 0 Å². The largest absolute Gasteiger partial charge is 0.496 e. The third-order valence-electron chi connectivity index (χ3n) is 3.18. The van der Waals surface area contributed by atoms with Gasteiger partial charge in [0.2, 0.25) is 0 Å². The summed E-state index contributed by atoms with van der Waals surface area (Å²) in [5.74, 6) is 0.985. The fourth-order valence-electron chi connectivity index (χ4n) is 2.16. The zero-order valence-corrected chi connectivity index (χ0v) is 11.0. The maximum atomic E-state index is 8.69. The van der Waals surface area contributed by atoms with E-state index in [1.807, 2.05) is 24.3 Å². The van der Waals surface area contributed by atoms with Gasteiger partial charge < -0.3 is 20.4 Å². The number of nitrogens with zero attached hydrogens (tertiary/aromatic N) is 2. The van der Waals surface area contributed by atoms with E-state index < -0.39 is 0 Å². The number of hydrogen-bond donors (Lipinski definition) is 2. The summed E-state index contributed by atoms with van der Waals surface area (Å²) >= 11 is 0. The molecule has 6 nitrogen and oxygen atoms in total. The fraction of sp³-hybridized carbons (Fsp3) is 0.462. The van der Waals surface area contributed by atoms with E-state index in [0.29, 0.717) is 13.2 Å². The van der Waals surface area contributed by atoms with Gasteiger partial charge in [-0.3, -0.25) is 4.90 Å². The van der Waals surface area contributed by atoms with Crippen LogP contribution in [0.2, 0.25) is 0 Å². The summed E-state index contributed by atoms with van der Waals surface area (Å²) in [4.78, 5) is 2.20. The quantitative estimate of drug-likeness (QED) is 0.361. The van der Waals surface area contributed by atoms with E-state index >= 15 is 0 Å². The van der Waals surface area contributed by atoms with E-state index in [1.165, 1.54) is 0 Å². The number of para-hydroxylation sites is 1. The zero-order valence-electron chi connectivity index (χ0n) is 11.0. The monoisotopic (exact) mass is 265 g/mol. The molecule has 0 saturated carbocycles. The molecule has 2 rings (SSSR count). The lowest BCUT2D eigenvalue weighted by molar-refractivity contribution is 0.00118. The highest BCUT2D eigenvalue weighted by molar-refractivity contribution is 5.84. The van der Waals surface area contributed by atoms with Gasteiger partial charge in [0.25, 0.3) is 0 Å². The number of rotatable bonds is 4. The molecule has 19 heavy (non-hydrogen) atoms. The molecule has 0 spiro atoms. The number of amidine groups is 1. The van der Waals surface area contributed by atoms with E-state index in [2.05, 4.69) is 10.1 Å². The van der Waals surface area contributed by atoms with Crippen LogP contribution >= 0.6 is 0 Å². The maximum Gasteiger partial charge on any atom is 0.169 e. The molecule has 1 aromatic carbocycles. The molecule has 1 fully saturated rings. The molecule has 1 saturated heterocycles. The molecule has 1 aliphatic rings. The Kier molecular flexibility index (Phi) is 4.59. The van der Waals surface area contributed by atoms with Gasteiger partial charge in [0, 0.05) is 25.2 Å². The fourth-order valence-corrected chi connectivity index (χ4v) is 2.16. The summed E-state index contributed by atoms with van der Waals surface area (Å²) in [7, 11) is 1.66. The van der Waals surface area contributed by atoms with Crippen molar-refractivity contribution in [3.63, 3.8) is 0 Å². The predicted octanol–water partition coefficient (Wildman–Crippen LogP) is 0.642. The van der Waals surface area contributed by atoms with Crippen LogP contribution in [0.1, 0.15) is 5.56 Å². The molecule has 0 amide bonds. The van der Waals surface area contributed by atoms with Gasteiger partial charge in [0.1, 0.15) is 11.9 Å². The standard InChI is InChI=1S/C13H19N3O3/c1-18-11-5-3-2-4-10(11)8-16-6-7-19-12(9-16)13(14)15-17/h2-5,12,17H,6-9H2,1H3,(H2,14,15). The van der Waals surface area contributed by atoms with Gasteiger partial charge in [0.15, 0.2) is 5.84 Å². The highest BCUT2D eigenvalue weighted by Gasteiger charge is 2.24. The number of benzene rings is 1. The number of hydrogen-bond acceptors (Lipinski definition) is 5. The third-order valence-corrected chi connectivity index (χ3v) is 3.18. The smallest absolute Gasteiger partial charge is 0.169 e. The van der Waals surface area contributed by atoms with Crippen LogP contribution < -0.4 is 10.5 Å². The minimum atomic E-state index is -0.353. The van der Waals surface area contributed by atoms with Crippen molar-refractivity contribution in [3.8, 4) is 5.75 Å². The van der Waals surface area contributed by atoms with Gasteiger partial charge in [-0.15, -0.1) is 0 Å². The topological polar surface area (TPSA) is 80.3 Å². The first-order valence-electron chi connectivity index (χ1n) is 6.18. The van der Waals surface area contributed by atoms with Gasteiger partial charge in [0.05, 0.1) is 13.7 Å². The van der Waals surface area contributed by atoms with Crippen molar-refractivity contribution >= 4 is 5.84 Å². The third kappa shape index (κ3) is 3.36. The molecule has 6 heteroatoms. The zero-order chi connectivity index (χ0) is 13.7. The number of methoxy groups -OCH3 is 1. The van der Waals surface area contributed by atoms with E-state index in [4.69, 9.17) is 20.4 Å². The second-order valence-electron chi connectivity index (χ2n) is 4.43. The predicted molar refractivity (Wildman–Crippen MR) is 71.4 cm³/mol. The summed E-state index contributed by atoms with van der Waals surface area (Å²) in [6.07, 6.45) is -0.353. The summed E-state index contributed by atoms with van der Waals surface area (Å²) in [6, 6.07) is 7.91. The first kappa shape index (κ1) is 13.6. The second-order valence-corrected chi connectivity index (χ2v) is 4.43. The molecular formula is C13H19N3O3. The first-order chi connectivity index (χ1) is 9.24. The van der Waals surface area contributed by atoms with Crippen molar-refractivity contribution in [1.29, 1.82) is 0 Å². The molecule has 1 aromatic rings. The Morgan fingerprint density at radius 3 is 3.11 bits per heavy atom.